The first-order valence-electron chi connectivity index (χ1n) is 6.31. The second-order valence-corrected chi connectivity index (χ2v) is 4.90. The van der Waals surface area contributed by atoms with E-state index in [4.69, 9.17) is 4.74 Å². The molecule has 17 heavy (non-hydrogen) atoms. The predicted molar refractivity (Wildman–Crippen MR) is 66.8 cm³/mol. The fraction of sp³-hybridized carbons (Fsp3) is 0.571. The molecule has 0 bridgehead atoms. The Balaban J connectivity index is 1.84. The summed E-state index contributed by atoms with van der Waals surface area (Å²) in [6.45, 7) is 6.62. The lowest BCUT2D eigenvalue weighted by molar-refractivity contribution is 0.0842. The molecule has 1 aromatic carbocycles. The highest BCUT2D eigenvalue weighted by Crippen LogP contribution is 2.20. The van der Waals surface area contributed by atoms with E-state index in [1.54, 1.807) is 12.1 Å². The van der Waals surface area contributed by atoms with Gasteiger partial charge in [-0.25, -0.2) is 4.39 Å². The van der Waals surface area contributed by atoms with Crippen LogP contribution in [0.1, 0.15) is 26.7 Å². The molecule has 1 saturated heterocycles. The second kappa shape index (κ2) is 5.50. The summed E-state index contributed by atoms with van der Waals surface area (Å²) in [5.74, 6) is 0.557. The van der Waals surface area contributed by atoms with Gasteiger partial charge in [0.05, 0.1) is 0 Å². The molecule has 0 saturated carbocycles. The van der Waals surface area contributed by atoms with Crippen molar-refractivity contribution in [1.29, 1.82) is 0 Å². The van der Waals surface area contributed by atoms with Crippen LogP contribution in [-0.2, 0) is 0 Å². The first kappa shape index (κ1) is 12.4. The standard InChI is InChI=1S/C14H20FNO/c1-11(2)16-9-7-14(8-10-16)17-13-5-3-12(15)4-6-13/h3-6,11,14H,7-10H2,1-2H3. The zero-order valence-electron chi connectivity index (χ0n) is 10.5. The van der Waals surface area contributed by atoms with E-state index in [9.17, 15) is 4.39 Å². The quantitative estimate of drug-likeness (QED) is 0.801. The Morgan fingerprint density at radius 1 is 1.18 bits per heavy atom. The maximum absolute atomic E-state index is 12.7. The summed E-state index contributed by atoms with van der Waals surface area (Å²) >= 11 is 0. The molecular weight excluding hydrogens is 217 g/mol. The topological polar surface area (TPSA) is 12.5 Å². The number of ether oxygens (including phenoxy) is 1. The Morgan fingerprint density at radius 2 is 1.76 bits per heavy atom. The number of benzene rings is 1. The van der Waals surface area contributed by atoms with Gasteiger partial charge in [-0.3, -0.25) is 0 Å². The van der Waals surface area contributed by atoms with Crippen molar-refractivity contribution in [2.75, 3.05) is 13.1 Å². The van der Waals surface area contributed by atoms with Crippen molar-refractivity contribution in [3.63, 3.8) is 0 Å². The monoisotopic (exact) mass is 237 g/mol. The third kappa shape index (κ3) is 3.43. The molecule has 0 atom stereocenters. The maximum Gasteiger partial charge on any atom is 0.123 e. The summed E-state index contributed by atoms with van der Waals surface area (Å²) in [7, 11) is 0. The number of rotatable bonds is 3. The lowest BCUT2D eigenvalue weighted by Gasteiger charge is -2.34. The van der Waals surface area contributed by atoms with E-state index in [-0.39, 0.29) is 11.9 Å². The van der Waals surface area contributed by atoms with Crippen LogP contribution >= 0.6 is 0 Å². The van der Waals surface area contributed by atoms with Gasteiger partial charge in [-0.15, -0.1) is 0 Å². The van der Waals surface area contributed by atoms with Crippen LogP contribution in [0, 0.1) is 5.82 Å². The molecule has 3 heteroatoms. The normalized spacial score (nSPS) is 18.6. The molecule has 1 aliphatic rings. The summed E-state index contributed by atoms with van der Waals surface area (Å²) < 4.78 is 18.6. The van der Waals surface area contributed by atoms with Crippen LogP contribution in [0.5, 0.6) is 5.75 Å². The maximum atomic E-state index is 12.7. The second-order valence-electron chi connectivity index (χ2n) is 4.90. The third-order valence-corrected chi connectivity index (χ3v) is 3.32. The van der Waals surface area contributed by atoms with Crippen LogP contribution in [0.3, 0.4) is 0 Å². The Hall–Kier alpha value is -1.09. The van der Waals surface area contributed by atoms with Crippen LogP contribution in [-0.4, -0.2) is 30.1 Å². The van der Waals surface area contributed by atoms with Crippen molar-refractivity contribution in [2.45, 2.75) is 38.8 Å². The molecule has 1 aliphatic heterocycles. The van der Waals surface area contributed by atoms with Gasteiger partial charge >= 0.3 is 0 Å². The zero-order chi connectivity index (χ0) is 12.3. The van der Waals surface area contributed by atoms with Crippen molar-refractivity contribution in [3.05, 3.63) is 30.1 Å². The number of likely N-dealkylation sites (tertiary alicyclic amines) is 1. The van der Waals surface area contributed by atoms with Gasteiger partial charge in [0.15, 0.2) is 0 Å². The Bertz CT molecular complexity index is 342. The van der Waals surface area contributed by atoms with E-state index in [1.807, 2.05) is 0 Å². The Labute approximate surface area is 102 Å². The van der Waals surface area contributed by atoms with Crippen molar-refractivity contribution in [1.82, 2.24) is 4.90 Å². The smallest absolute Gasteiger partial charge is 0.123 e. The van der Waals surface area contributed by atoms with E-state index in [0.717, 1.165) is 31.7 Å². The van der Waals surface area contributed by atoms with E-state index in [1.165, 1.54) is 12.1 Å². The lowest BCUT2D eigenvalue weighted by atomic mass is 10.1. The molecule has 1 heterocycles. The van der Waals surface area contributed by atoms with Gasteiger partial charge < -0.3 is 9.64 Å². The van der Waals surface area contributed by atoms with E-state index in [2.05, 4.69) is 18.7 Å². The van der Waals surface area contributed by atoms with Crippen LogP contribution in [0.25, 0.3) is 0 Å². The van der Waals surface area contributed by atoms with Gasteiger partial charge in [0.25, 0.3) is 0 Å². The minimum absolute atomic E-state index is 0.216. The van der Waals surface area contributed by atoms with Crippen molar-refractivity contribution < 1.29 is 9.13 Å². The van der Waals surface area contributed by atoms with E-state index >= 15 is 0 Å². The molecule has 0 amide bonds. The summed E-state index contributed by atoms with van der Waals surface area (Å²) in [6.07, 6.45) is 2.38. The molecule has 2 nitrogen and oxygen atoms in total. The number of hydrogen-bond acceptors (Lipinski definition) is 2. The molecular formula is C14H20FNO. The minimum atomic E-state index is -0.216. The molecule has 0 spiro atoms. The molecule has 94 valence electrons. The summed E-state index contributed by atoms with van der Waals surface area (Å²) in [5.41, 5.74) is 0. The van der Waals surface area contributed by atoms with Gasteiger partial charge in [-0.05, 0) is 51.0 Å². The first-order valence-corrected chi connectivity index (χ1v) is 6.31. The molecule has 0 aromatic heterocycles. The number of piperidine rings is 1. The van der Waals surface area contributed by atoms with Gasteiger partial charge in [-0.1, -0.05) is 0 Å². The summed E-state index contributed by atoms with van der Waals surface area (Å²) in [5, 5.41) is 0. The van der Waals surface area contributed by atoms with Crippen molar-refractivity contribution in [3.8, 4) is 5.75 Å². The molecule has 1 aromatic rings. The Morgan fingerprint density at radius 3 is 2.29 bits per heavy atom. The highest BCUT2D eigenvalue weighted by molar-refractivity contribution is 5.22. The van der Waals surface area contributed by atoms with Crippen LogP contribution in [0.2, 0.25) is 0 Å². The molecule has 0 unspecified atom stereocenters. The molecule has 1 fully saturated rings. The summed E-state index contributed by atoms with van der Waals surface area (Å²) in [6, 6.07) is 6.90. The number of hydrogen-bond donors (Lipinski definition) is 0. The van der Waals surface area contributed by atoms with E-state index in [0.29, 0.717) is 6.04 Å². The minimum Gasteiger partial charge on any atom is -0.490 e. The van der Waals surface area contributed by atoms with Gasteiger partial charge in [0.1, 0.15) is 17.7 Å². The van der Waals surface area contributed by atoms with Crippen LogP contribution < -0.4 is 4.74 Å². The first-order chi connectivity index (χ1) is 8.15. The number of halogens is 1. The van der Waals surface area contributed by atoms with Crippen LogP contribution in [0.4, 0.5) is 4.39 Å². The fourth-order valence-corrected chi connectivity index (χ4v) is 2.22. The third-order valence-electron chi connectivity index (χ3n) is 3.32. The zero-order valence-corrected chi connectivity index (χ0v) is 10.5. The fourth-order valence-electron chi connectivity index (χ4n) is 2.22. The molecule has 0 aliphatic carbocycles. The predicted octanol–water partition coefficient (Wildman–Crippen LogP) is 3.08. The average Bonchev–Trinajstić information content (AvgIpc) is 2.33. The van der Waals surface area contributed by atoms with Crippen molar-refractivity contribution >= 4 is 0 Å². The highest BCUT2D eigenvalue weighted by atomic mass is 19.1. The van der Waals surface area contributed by atoms with Gasteiger partial charge in [-0.2, -0.15) is 0 Å². The molecule has 2 rings (SSSR count). The highest BCUT2D eigenvalue weighted by Gasteiger charge is 2.21. The summed E-state index contributed by atoms with van der Waals surface area (Å²) in [4.78, 5) is 2.46. The van der Waals surface area contributed by atoms with Crippen molar-refractivity contribution in [2.24, 2.45) is 0 Å². The Kier molecular flexibility index (Phi) is 4.00. The lowest BCUT2D eigenvalue weighted by Crippen LogP contribution is -2.41. The van der Waals surface area contributed by atoms with Crippen LogP contribution in [0.15, 0.2) is 24.3 Å². The van der Waals surface area contributed by atoms with Gasteiger partial charge in [0.2, 0.25) is 0 Å². The molecule has 0 N–H and O–H groups in total. The van der Waals surface area contributed by atoms with Gasteiger partial charge in [0, 0.05) is 19.1 Å². The SMILES string of the molecule is CC(C)N1CCC(Oc2ccc(F)cc2)CC1. The average molecular weight is 237 g/mol. The van der Waals surface area contributed by atoms with E-state index < -0.39 is 0 Å². The largest absolute Gasteiger partial charge is 0.490 e. The molecule has 0 radical (unpaired) electrons. The number of nitrogens with zero attached hydrogens (tertiary/aromatic N) is 1.